The van der Waals surface area contributed by atoms with E-state index in [4.69, 9.17) is 4.74 Å². The van der Waals surface area contributed by atoms with Crippen molar-refractivity contribution >= 4 is 5.91 Å². The minimum atomic E-state index is -1.04. The van der Waals surface area contributed by atoms with E-state index >= 15 is 0 Å². The fraction of sp³-hybridized carbons (Fsp3) is 0.333. The molecule has 7 heteroatoms. The quantitative estimate of drug-likeness (QED) is 0.792. The van der Waals surface area contributed by atoms with Gasteiger partial charge in [0.2, 0.25) is 0 Å². The van der Waals surface area contributed by atoms with E-state index in [1.54, 1.807) is 4.90 Å². The van der Waals surface area contributed by atoms with Gasteiger partial charge in [-0.2, -0.15) is 5.26 Å². The molecule has 0 spiro atoms. The van der Waals surface area contributed by atoms with Gasteiger partial charge in [-0.1, -0.05) is 12.1 Å². The second-order valence-electron chi connectivity index (χ2n) is 6.49. The minimum absolute atomic E-state index is 0.121. The zero-order chi connectivity index (χ0) is 20.1. The molecular weight excluding hydrogens is 364 g/mol. The maximum atomic E-state index is 13.4. The van der Waals surface area contributed by atoms with Gasteiger partial charge >= 0.3 is 0 Å². The predicted octanol–water partition coefficient (Wildman–Crippen LogP) is 3.39. The van der Waals surface area contributed by atoms with E-state index in [1.165, 1.54) is 6.07 Å². The molecule has 1 fully saturated rings. The molecule has 1 unspecified atom stereocenters. The fourth-order valence-corrected chi connectivity index (χ4v) is 3.27. The van der Waals surface area contributed by atoms with E-state index < -0.39 is 17.7 Å². The summed E-state index contributed by atoms with van der Waals surface area (Å²) in [5.41, 5.74) is 0.988. The van der Waals surface area contributed by atoms with E-state index in [2.05, 4.69) is 6.07 Å². The molecule has 0 aromatic heterocycles. The second-order valence-corrected chi connectivity index (χ2v) is 6.49. The normalized spacial score (nSPS) is 15.7. The Morgan fingerprint density at radius 2 is 1.79 bits per heavy atom. The molecule has 1 saturated heterocycles. The van der Waals surface area contributed by atoms with Crippen molar-refractivity contribution in [1.29, 1.82) is 5.26 Å². The summed E-state index contributed by atoms with van der Waals surface area (Å²) < 4.78 is 31.9. The number of carbonyl (C=O) groups excluding carboxylic acids is 1. The predicted molar refractivity (Wildman–Crippen MR) is 99.8 cm³/mol. The summed E-state index contributed by atoms with van der Waals surface area (Å²) in [6, 6.07) is 12.5. The molecule has 5 nitrogen and oxygen atoms in total. The number of nitrogens with zero attached hydrogens (tertiary/aromatic N) is 3. The molecule has 1 aliphatic heterocycles. The number of ether oxygens (including phenoxy) is 1. The molecule has 3 rings (SSSR count). The first-order valence-electron chi connectivity index (χ1n) is 9.14. The van der Waals surface area contributed by atoms with Gasteiger partial charge in [0.25, 0.3) is 5.91 Å². The van der Waals surface area contributed by atoms with Crippen LogP contribution in [0.15, 0.2) is 42.5 Å². The molecule has 28 heavy (non-hydrogen) atoms. The van der Waals surface area contributed by atoms with Gasteiger partial charge in [-0.05, 0) is 42.8 Å². The van der Waals surface area contributed by atoms with E-state index in [0.29, 0.717) is 32.8 Å². The standard InChI is InChI=1S/C21H21F2N3O2/c1-2-28-17-6-3-15(4-7-17)20(14-24)25-9-11-26(12-10-25)21(27)16-5-8-18(22)19(23)13-16/h3-8,13,20H,2,9-12H2,1H3. The van der Waals surface area contributed by atoms with Gasteiger partial charge in [0.1, 0.15) is 11.8 Å². The van der Waals surface area contributed by atoms with Crippen LogP contribution in [0, 0.1) is 23.0 Å². The lowest BCUT2D eigenvalue weighted by Crippen LogP contribution is -2.49. The Hall–Kier alpha value is -2.98. The highest BCUT2D eigenvalue weighted by molar-refractivity contribution is 5.94. The highest BCUT2D eigenvalue weighted by Gasteiger charge is 2.27. The first-order chi connectivity index (χ1) is 13.5. The number of halogens is 2. The summed E-state index contributed by atoms with van der Waals surface area (Å²) in [7, 11) is 0. The van der Waals surface area contributed by atoms with Crippen LogP contribution in [0.2, 0.25) is 0 Å². The van der Waals surface area contributed by atoms with Crippen molar-refractivity contribution in [3.8, 4) is 11.8 Å². The van der Waals surface area contributed by atoms with E-state index in [-0.39, 0.29) is 11.5 Å². The maximum Gasteiger partial charge on any atom is 0.254 e. The Labute approximate surface area is 162 Å². The second kappa shape index (κ2) is 8.81. The molecule has 146 valence electrons. The van der Waals surface area contributed by atoms with Gasteiger partial charge in [0.15, 0.2) is 11.6 Å². The number of rotatable bonds is 5. The van der Waals surface area contributed by atoms with Gasteiger partial charge in [-0.3, -0.25) is 9.69 Å². The average Bonchev–Trinajstić information content (AvgIpc) is 2.72. The smallest absolute Gasteiger partial charge is 0.254 e. The van der Waals surface area contributed by atoms with Gasteiger partial charge in [-0.25, -0.2) is 8.78 Å². The highest BCUT2D eigenvalue weighted by Crippen LogP contribution is 2.24. The number of hydrogen-bond donors (Lipinski definition) is 0. The van der Waals surface area contributed by atoms with E-state index in [9.17, 15) is 18.8 Å². The summed E-state index contributed by atoms with van der Waals surface area (Å²) in [5.74, 6) is -1.60. The average molecular weight is 385 g/mol. The molecule has 0 N–H and O–H groups in total. The first-order valence-corrected chi connectivity index (χ1v) is 9.14. The molecule has 0 aliphatic carbocycles. The monoisotopic (exact) mass is 385 g/mol. The summed E-state index contributed by atoms with van der Waals surface area (Å²) in [6.45, 7) is 4.34. The van der Waals surface area contributed by atoms with Crippen molar-refractivity contribution in [2.24, 2.45) is 0 Å². The molecule has 0 saturated carbocycles. The molecule has 0 bridgehead atoms. The molecule has 0 radical (unpaired) electrons. The number of hydrogen-bond acceptors (Lipinski definition) is 4. The third-order valence-corrected chi connectivity index (χ3v) is 4.76. The van der Waals surface area contributed by atoms with Crippen molar-refractivity contribution in [3.05, 3.63) is 65.2 Å². The van der Waals surface area contributed by atoms with Gasteiger partial charge in [0.05, 0.1) is 12.7 Å². The summed E-state index contributed by atoms with van der Waals surface area (Å²) in [5, 5.41) is 9.63. The van der Waals surface area contributed by atoms with Crippen LogP contribution >= 0.6 is 0 Å². The Bertz CT molecular complexity index is 872. The lowest BCUT2D eigenvalue weighted by molar-refractivity contribution is 0.0605. The molecule has 1 heterocycles. The number of amides is 1. The van der Waals surface area contributed by atoms with Gasteiger partial charge in [-0.15, -0.1) is 0 Å². The van der Waals surface area contributed by atoms with E-state index in [1.807, 2.05) is 36.1 Å². The first kappa shape index (κ1) is 19.8. The van der Waals surface area contributed by atoms with Crippen LogP contribution < -0.4 is 4.74 Å². The van der Waals surface area contributed by atoms with Crippen LogP contribution in [0.1, 0.15) is 28.9 Å². The van der Waals surface area contributed by atoms with Crippen LogP contribution in [-0.2, 0) is 0 Å². The number of piperazine rings is 1. The summed E-state index contributed by atoms with van der Waals surface area (Å²) >= 11 is 0. The minimum Gasteiger partial charge on any atom is -0.494 e. The van der Waals surface area contributed by atoms with E-state index in [0.717, 1.165) is 23.4 Å². The van der Waals surface area contributed by atoms with Crippen LogP contribution in [0.25, 0.3) is 0 Å². The third-order valence-electron chi connectivity index (χ3n) is 4.76. The Morgan fingerprint density at radius 3 is 2.36 bits per heavy atom. The SMILES string of the molecule is CCOc1ccc(C(C#N)N2CCN(C(=O)c3ccc(F)c(F)c3)CC2)cc1. The van der Waals surface area contributed by atoms with Crippen molar-refractivity contribution in [2.45, 2.75) is 13.0 Å². The molecule has 1 aliphatic rings. The summed E-state index contributed by atoms with van der Waals surface area (Å²) in [4.78, 5) is 16.1. The van der Waals surface area contributed by atoms with Crippen molar-refractivity contribution in [1.82, 2.24) is 9.80 Å². The van der Waals surface area contributed by atoms with Gasteiger partial charge in [0, 0.05) is 31.7 Å². The van der Waals surface area contributed by atoms with Crippen LogP contribution in [-0.4, -0.2) is 48.5 Å². The maximum absolute atomic E-state index is 13.4. The molecule has 2 aromatic carbocycles. The van der Waals surface area contributed by atoms with Crippen molar-refractivity contribution < 1.29 is 18.3 Å². The van der Waals surface area contributed by atoms with Crippen LogP contribution in [0.4, 0.5) is 8.78 Å². The molecule has 1 atom stereocenters. The Kier molecular flexibility index (Phi) is 6.22. The number of carbonyl (C=O) groups is 1. The molecule has 1 amide bonds. The lowest BCUT2D eigenvalue weighted by Gasteiger charge is -2.37. The van der Waals surface area contributed by atoms with Crippen LogP contribution in [0.5, 0.6) is 5.75 Å². The topological polar surface area (TPSA) is 56.6 Å². The molecular formula is C21H21F2N3O2. The zero-order valence-corrected chi connectivity index (χ0v) is 15.6. The Morgan fingerprint density at radius 1 is 1.11 bits per heavy atom. The highest BCUT2D eigenvalue weighted by atomic mass is 19.2. The van der Waals surface area contributed by atoms with Gasteiger partial charge < -0.3 is 9.64 Å². The Balaban J connectivity index is 1.64. The number of nitriles is 1. The van der Waals surface area contributed by atoms with Crippen molar-refractivity contribution in [3.63, 3.8) is 0 Å². The zero-order valence-electron chi connectivity index (χ0n) is 15.6. The molecule has 2 aromatic rings. The fourth-order valence-electron chi connectivity index (χ4n) is 3.27. The largest absolute Gasteiger partial charge is 0.494 e. The number of benzene rings is 2. The van der Waals surface area contributed by atoms with Crippen molar-refractivity contribution in [2.75, 3.05) is 32.8 Å². The third kappa shape index (κ3) is 4.29. The lowest BCUT2D eigenvalue weighted by atomic mass is 10.1. The summed E-state index contributed by atoms with van der Waals surface area (Å²) in [6.07, 6.45) is 0. The van der Waals surface area contributed by atoms with Crippen LogP contribution in [0.3, 0.4) is 0 Å².